The van der Waals surface area contributed by atoms with Crippen molar-refractivity contribution in [2.24, 2.45) is 5.41 Å². The summed E-state index contributed by atoms with van der Waals surface area (Å²) in [6, 6.07) is 0. The van der Waals surface area contributed by atoms with E-state index in [1.807, 2.05) is 0 Å². The molecule has 1 heteroatoms. The predicted molar refractivity (Wildman–Crippen MR) is 70.3 cm³/mol. The molecular weight excluding hydrogens is 182 g/mol. The van der Waals surface area contributed by atoms with Crippen LogP contribution in [0.2, 0.25) is 0 Å². The lowest BCUT2D eigenvalue weighted by molar-refractivity contribution is 0.175. The molecule has 0 radical (unpaired) electrons. The highest BCUT2D eigenvalue weighted by atomic mass is 14.9. The molecule has 0 spiro atoms. The van der Waals surface area contributed by atoms with E-state index in [1.54, 1.807) is 0 Å². The fourth-order valence-corrected chi connectivity index (χ4v) is 2.27. The Hall–Kier alpha value is -0.0400. The molecule has 0 saturated carbocycles. The fourth-order valence-electron chi connectivity index (χ4n) is 2.27. The first-order valence-electron chi connectivity index (χ1n) is 6.95. The van der Waals surface area contributed by atoms with Gasteiger partial charge in [0.1, 0.15) is 0 Å². The zero-order valence-corrected chi connectivity index (χ0v) is 11.4. The molecule has 1 rings (SSSR count). The molecule has 0 amide bonds. The van der Waals surface area contributed by atoms with Gasteiger partial charge in [0.2, 0.25) is 0 Å². The van der Waals surface area contributed by atoms with Crippen LogP contribution in [0.4, 0.5) is 0 Å². The van der Waals surface area contributed by atoms with Crippen molar-refractivity contribution in [1.82, 2.24) is 5.32 Å². The van der Waals surface area contributed by atoms with Crippen molar-refractivity contribution >= 4 is 0 Å². The first-order chi connectivity index (χ1) is 7.24. The second-order valence-corrected chi connectivity index (χ2v) is 4.85. The Morgan fingerprint density at radius 1 is 0.867 bits per heavy atom. The topological polar surface area (TPSA) is 12.0 Å². The van der Waals surface area contributed by atoms with Gasteiger partial charge in [0.15, 0.2) is 0 Å². The van der Waals surface area contributed by atoms with Gasteiger partial charge in [-0.1, -0.05) is 53.4 Å². The summed E-state index contributed by atoms with van der Waals surface area (Å²) in [6.45, 7) is 11.5. The predicted octanol–water partition coefficient (Wildman–Crippen LogP) is 4.37. The minimum Gasteiger partial charge on any atom is -0.317 e. The summed E-state index contributed by atoms with van der Waals surface area (Å²) in [4.78, 5) is 0. The number of nitrogens with one attached hydrogen (secondary N) is 1. The Morgan fingerprint density at radius 3 is 1.73 bits per heavy atom. The SMILES string of the molecule is CCCC.CCCC1(CC)CCNCC1. The molecule has 1 nitrogen and oxygen atoms in total. The lowest BCUT2D eigenvalue weighted by Crippen LogP contribution is -2.36. The van der Waals surface area contributed by atoms with Crippen LogP contribution in [0, 0.1) is 5.41 Å². The Bertz CT molecular complexity index is 118. The third kappa shape index (κ3) is 6.19. The monoisotopic (exact) mass is 213 g/mol. The first-order valence-corrected chi connectivity index (χ1v) is 6.95. The summed E-state index contributed by atoms with van der Waals surface area (Å²) in [5, 5.41) is 3.43. The van der Waals surface area contributed by atoms with Gasteiger partial charge in [-0.25, -0.2) is 0 Å². The summed E-state index contributed by atoms with van der Waals surface area (Å²) in [7, 11) is 0. The Labute approximate surface area is 97.0 Å². The van der Waals surface area contributed by atoms with Crippen LogP contribution >= 0.6 is 0 Å². The Balaban J connectivity index is 0.000000423. The van der Waals surface area contributed by atoms with Gasteiger partial charge < -0.3 is 5.32 Å². The van der Waals surface area contributed by atoms with Gasteiger partial charge in [-0.15, -0.1) is 0 Å². The van der Waals surface area contributed by atoms with Gasteiger partial charge in [-0.2, -0.15) is 0 Å². The van der Waals surface area contributed by atoms with Crippen LogP contribution in [0.1, 0.15) is 72.6 Å². The van der Waals surface area contributed by atoms with Gasteiger partial charge >= 0.3 is 0 Å². The zero-order valence-electron chi connectivity index (χ0n) is 11.4. The van der Waals surface area contributed by atoms with Crippen LogP contribution in [0.25, 0.3) is 0 Å². The smallest absolute Gasteiger partial charge is 0.00436 e. The Morgan fingerprint density at radius 2 is 1.40 bits per heavy atom. The van der Waals surface area contributed by atoms with E-state index in [4.69, 9.17) is 0 Å². The third-order valence-electron chi connectivity index (χ3n) is 3.69. The van der Waals surface area contributed by atoms with Gasteiger partial charge in [0, 0.05) is 0 Å². The van der Waals surface area contributed by atoms with Crippen molar-refractivity contribution in [2.75, 3.05) is 13.1 Å². The molecule has 1 aliphatic heterocycles. The molecule has 0 aliphatic carbocycles. The van der Waals surface area contributed by atoms with Crippen LogP contribution in [-0.4, -0.2) is 13.1 Å². The van der Waals surface area contributed by atoms with Crippen LogP contribution < -0.4 is 5.32 Å². The highest BCUT2D eigenvalue weighted by molar-refractivity contribution is 4.82. The molecule has 1 saturated heterocycles. The third-order valence-corrected chi connectivity index (χ3v) is 3.69. The zero-order chi connectivity index (χ0) is 11.6. The summed E-state index contributed by atoms with van der Waals surface area (Å²) in [5.74, 6) is 0. The summed E-state index contributed by atoms with van der Waals surface area (Å²) in [6.07, 6.45) is 9.61. The van der Waals surface area contributed by atoms with Gasteiger partial charge in [-0.05, 0) is 37.8 Å². The Kier molecular flexibility index (Phi) is 9.18. The van der Waals surface area contributed by atoms with Crippen molar-refractivity contribution in [3.8, 4) is 0 Å². The van der Waals surface area contributed by atoms with Crippen LogP contribution in [-0.2, 0) is 0 Å². The number of rotatable bonds is 4. The fraction of sp³-hybridized carbons (Fsp3) is 1.00. The van der Waals surface area contributed by atoms with Crippen molar-refractivity contribution < 1.29 is 0 Å². The van der Waals surface area contributed by atoms with E-state index in [1.165, 1.54) is 58.0 Å². The van der Waals surface area contributed by atoms with Crippen molar-refractivity contribution in [3.05, 3.63) is 0 Å². The molecule has 0 atom stereocenters. The van der Waals surface area contributed by atoms with Crippen molar-refractivity contribution in [1.29, 1.82) is 0 Å². The van der Waals surface area contributed by atoms with Gasteiger partial charge in [-0.3, -0.25) is 0 Å². The maximum atomic E-state index is 3.43. The molecule has 1 fully saturated rings. The quantitative estimate of drug-likeness (QED) is 0.731. The van der Waals surface area contributed by atoms with Crippen LogP contribution in [0.15, 0.2) is 0 Å². The molecule has 0 unspecified atom stereocenters. The lowest BCUT2D eigenvalue weighted by atomic mass is 9.73. The average molecular weight is 213 g/mol. The highest BCUT2D eigenvalue weighted by Crippen LogP contribution is 2.36. The normalized spacial score (nSPS) is 19.2. The lowest BCUT2D eigenvalue weighted by Gasteiger charge is -2.36. The standard InChI is InChI=1S/C10H21N.C4H10/c1-3-5-10(4-2)6-8-11-9-7-10;1-3-4-2/h11H,3-9H2,1-2H3;3-4H2,1-2H3. The molecule has 0 aromatic rings. The maximum absolute atomic E-state index is 3.43. The minimum absolute atomic E-state index is 0.708. The van der Waals surface area contributed by atoms with E-state index in [-0.39, 0.29) is 0 Å². The van der Waals surface area contributed by atoms with Crippen molar-refractivity contribution in [3.63, 3.8) is 0 Å². The van der Waals surface area contributed by atoms with Gasteiger partial charge in [0.25, 0.3) is 0 Å². The van der Waals surface area contributed by atoms with E-state index < -0.39 is 0 Å². The van der Waals surface area contributed by atoms with Gasteiger partial charge in [0.05, 0.1) is 0 Å². The average Bonchev–Trinajstić information content (AvgIpc) is 2.31. The molecule has 0 aromatic carbocycles. The van der Waals surface area contributed by atoms with E-state index in [9.17, 15) is 0 Å². The molecule has 1 N–H and O–H groups in total. The maximum Gasteiger partial charge on any atom is -0.00436 e. The number of unbranched alkanes of at least 4 members (excludes halogenated alkanes) is 1. The molecule has 0 aromatic heterocycles. The minimum atomic E-state index is 0.708. The second-order valence-electron chi connectivity index (χ2n) is 4.85. The van der Waals surface area contributed by atoms with E-state index >= 15 is 0 Å². The van der Waals surface area contributed by atoms with E-state index in [0.717, 1.165) is 0 Å². The number of hydrogen-bond acceptors (Lipinski definition) is 1. The number of piperidine rings is 1. The summed E-state index contributed by atoms with van der Waals surface area (Å²) in [5.41, 5.74) is 0.708. The van der Waals surface area contributed by atoms with Crippen molar-refractivity contribution in [2.45, 2.75) is 72.6 Å². The molecule has 0 bridgehead atoms. The van der Waals surface area contributed by atoms with Crippen LogP contribution in [0.5, 0.6) is 0 Å². The van der Waals surface area contributed by atoms with E-state index in [0.29, 0.717) is 5.41 Å². The van der Waals surface area contributed by atoms with Crippen LogP contribution in [0.3, 0.4) is 0 Å². The molecule has 1 heterocycles. The molecule has 92 valence electrons. The first kappa shape index (κ1) is 15.0. The molecular formula is C14H31N. The summed E-state index contributed by atoms with van der Waals surface area (Å²) < 4.78 is 0. The largest absolute Gasteiger partial charge is 0.317 e. The van der Waals surface area contributed by atoms with E-state index in [2.05, 4.69) is 33.0 Å². The molecule has 1 aliphatic rings. The molecule has 15 heavy (non-hydrogen) atoms. The number of hydrogen-bond donors (Lipinski definition) is 1. The highest BCUT2D eigenvalue weighted by Gasteiger charge is 2.28. The second kappa shape index (κ2) is 9.21. The summed E-state index contributed by atoms with van der Waals surface area (Å²) >= 11 is 0.